The molecule has 3 aliphatic heterocycles. The minimum Gasteiger partial charge on any atom is -0.388 e. The van der Waals surface area contributed by atoms with Crippen LogP contribution < -0.4 is 0 Å². The quantitative estimate of drug-likeness (QED) is 0.837. The lowest BCUT2D eigenvalue weighted by atomic mass is 9.95. The minimum atomic E-state index is -0.882. The van der Waals surface area contributed by atoms with Gasteiger partial charge in [-0.2, -0.15) is 0 Å². The predicted octanol–water partition coefficient (Wildman–Crippen LogP) is 1.96. The fourth-order valence-electron chi connectivity index (χ4n) is 3.92. The number of benzene rings is 1. The standard InChI is InChI=1S/C20H28O7/c1-19(2)24-15-14(13(21)11-22-10-12-8-6-5-7-9-12)23-18-17(16(15)25-19)26-20(3,4)27-18/h5-9,13-18,21H,10-11H2,1-4H3/t13-,14+,15-,16-,17+,18+/m0/s1. The first kappa shape index (κ1) is 19.3. The Morgan fingerprint density at radius 1 is 0.926 bits per heavy atom. The van der Waals surface area contributed by atoms with Crippen LogP contribution in [0, 0.1) is 0 Å². The van der Waals surface area contributed by atoms with Crippen molar-refractivity contribution in [2.45, 2.75) is 82.7 Å². The van der Waals surface area contributed by atoms with Gasteiger partial charge in [-0.05, 0) is 33.3 Å². The Hall–Kier alpha value is -1.06. The van der Waals surface area contributed by atoms with Gasteiger partial charge in [0.15, 0.2) is 17.9 Å². The van der Waals surface area contributed by atoms with Gasteiger partial charge >= 0.3 is 0 Å². The van der Waals surface area contributed by atoms with E-state index < -0.39 is 42.3 Å². The van der Waals surface area contributed by atoms with Gasteiger partial charge in [-0.1, -0.05) is 30.3 Å². The average molecular weight is 380 g/mol. The Bertz CT molecular complexity index is 647. The molecule has 1 N–H and O–H groups in total. The second-order valence-electron chi connectivity index (χ2n) is 8.20. The highest BCUT2D eigenvalue weighted by molar-refractivity contribution is 5.13. The molecule has 3 fully saturated rings. The van der Waals surface area contributed by atoms with Crippen LogP contribution in [0.5, 0.6) is 0 Å². The maximum atomic E-state index is 10.7. The first-order valence-electron chi connectivity index (χ1n) is 9.41. The van der Waals surface area contributed by atoms with E-state index in [-0.39, 0.29) is 12.7 Å². The molecular formula is C20H28O7. The van der Waals surface area contributed by atoms with Gasteiger partial charge in [0, 0.05) is 0 Å². The zero-order valence-corrected chi connectivity index (χ0v) is 16.2. The Morgan fingerprint density at radius 3 is 2.30 bits per heavy atom. The summed E-state index contributed by atoms with van der Waals surface area (Å²) >= 11 is 0. The van der Waals surface area contributed by atoms with Gasteiger partial charge in [0.05, 0.1) is 13.2 Å². The second-order valence-corrected chi connectivity index (χ2v) is 8.20. The summed E-state index contributed by atoms with van der Waals surface area (Å²) in [5, 5.41) is 10.7. The molecule has 0 unspecified atom stereocenters. The molecule has 7 nitrogen and oxygen atoms in total. The van der Waals surface area contributed by atoms with E-state index in [1.54, 1.807) is 0 Å². The van der Waals surface area contributed by atoms with Crippen LogP contribution >= 0.6 is 0 Å². The molecule has 0 saturated carbocycles. The highest BCUT2D eigenvalue weighted by Gasteiger charge is 2.61. The lowest BCUT2D eigenvalue weighted by Gasteiger charge is -2.39. The van der Waals surface area contributed by atoms with E-state index in [1.165, 1.54) is 0 Å². The van der Waals surface area contributed by atoms with Crippen molar-refractivity contribution in [2.75, 3.05) is 6.61 Å². The number of ether oxygens (including phenoxy) is 6. The number of fused-ring (bicyclic) bond motifs is 3. The minimum absolute atomic E-state index is 0.119. The summed E-state index contributed by atoms with van der Waals surface area (Å²) in [5.74, 6) is -1.56. The van der Waals surface area contributed by atoms with Gasteiger partial charge in [-0.25, -0.2) is 0 Å². The summed E-state index contributed by atoms with van der Waals surface area (Å²) in [7, 11) is 0. The predicted molar refractivity (Wildman–Crippen MR) is 94.6 cm³/mol. The van der Waals surface area contributed by atoms with Crippen LogP contribution in [-0.2, 0) is 35.0 Å². The molecule has 1 aromatic rings. The van der Waals surface area contributed by atoms with Crippen LogP contribution in [0.15, 0.2) is 30.3 Å². The van der Waals surface area contributed by atoms with Crippen molar-refractivity contribution in [1.82, 2.24) is 0 Å². The van der Waals surface area contributed by atoms with E-state index >= 15 is 0 Å². The SMILES string of the molecule is CC1(C)O[C@@H]2[C@H](O1)[C@H]1OC(C)(C)O[C@H]1O[C@@H]2[C@@H](O)COCc1ccccc1. The molecular weight excluding hydrogens is 352 g/mol. The summed E-state index contributed by atoms with van der Waals surface area (Å²) in [6, 6.07) is 9.82. The summed E-state index contributed by atoms with van der Waals surface area (Å²) < 4.78 is 35.6. The van der Waals surface area contributed by atoms with Gasteiger partial charge in [-0.15, -0.1) is 0 Å². The van der Waals surface area contributed by atoms with E-state index in [1.807, 2.05) is 58.0 Å². The maximum Gasteiger partial charge on any atom is 0.190 e. The van der Waals surface area contributed by atoms with Crippen LogP contribution in [-0.4, -0.2) is 60.1 Å². The average Bonchev–Trinajstić information content (AvgIpc) is 3.09. The zero-order chi connectivity index (χ0) is 19.2. The molecule has 3 heterocycles. The molecule has 3 saturated heterocycles. The van der Waals surface area contributed by atoms with Crippen LogP contribution in [0.1, 0.15) is 33.3 Å². The highest BCUT2D eigenvalue weighted by atomic mass is 16.9. The van der Waals surface area contributed by atoms with Crippen molar-refractivity contribution in [1.29, 1.82) is 0 Å². The molecule has 6 atom stereocenters. The Balaban J connectivity index is 1.43. The highest BCUT2D eigenvalue weighted by Crippen LogP contribution is 2.44. The Morgan fingerprint density at radius 2 is 1.56 bits per heavy atom. The maximum absolute atomic E-state index is 10.7. The van der Waals surface area contributed by atoms with Crippen molar-refractivity contribution in [2.24, 2.45) is 0 Å². The topological polar surface area (TPSA) is 75.6 Å². The normalized spacial score (nSPS) is 37.6. The number of hydrogen-bond acceptors (Lipinski definition) is 7. The van der Waals surface area contributed by atoms with Crippen molar-refractivity contribution >= 4 is 0 Å². The molecule has 3 aliphatic rings. The largest absolute Gasteiger partial charge is 0.388 e. The summed E-state index contributed by atoms with van der Waals surface area (Å²) in [6.07, 6.45) is -3.38. The zero-order valence-electron chi connectivity index (χ0n) is 16.2. The van der Waals surface area contributed by atoms with Crippen LogP contribution in [0.2, 0.25) is 0 Å². The number of aliphatic hydroxyl groups is 1. The number of aliphatic hydroxyl groups excluding tert-OH is 1. The number of rotatable bonds is 5. The van der Waals surface area contributed by atoms with E-state index in [0.29, 0.717) is 6.61 Å². The fraction of sp³-hybridized carbons (Fsp3) is 0.700. The van der Waals surface area contributed by atoms with Crippen molar-refractivity contribution in [3.8, 4) is 0 Å². The molecule has 0 aromatic heterocycles. The van der Waals surface area contributed by atoms with E-state index in [4.69, 9.17) is 28.4 Å². The molecule has 0 bridgehead atoms. The second kappa shape index (κ2) is 7.08. The van der Waals surface area contributed by atoms with E-state index in [2.05, 4.69) is 0 Å². The van der Waals surface area contributed by atoms with Gasteiger partial charge in [0.1, 0.15) is 30.5 Å². The third-order valence-corrected chi connectivity index (χ3v) is 4.97. The van der Waals surface area contributed by atoms with Crippen LogP contribution in [0.3, 0.4) is 0 Å². The van der Waals surface area contributed by atoms with Crippen molar-refractivity contribution < 1.29 is 33.5 Å². The molecule has 7 heteroatoms. The Labute approximate surface area is 159 Å². The first-order valence-corrected chi connectivity index (χ1v) is 9.41. The van der Waals surface area contributed by atoms with Crippen molar-refractivity contribution in [3.05, 3.63) is 35.9 Å². The van der Waals surface area contributed by atoms with Crippen molar-refractivity contribution in [3.63, 3.8) is 0 Å². The molecule has 0 spiro atoms. The van der Waals surface area contributed by atoms with E-state index in [9.17, 15) is 5.11 Å². The molecule has 0 amide bonds. The summed E-state index contributed by atoms with van der Waals surface area (Å²) in [4.78, 5) is 0. The van der Waals surface area contributed by atoms with Gasteiger partial charge < -0.3 is 33.5 Å². The molecule has 150 valence electrons. The van der Waals surface area contributed by atoms with Crippen LogP contribution in [0.25, 0.3) is 0 Å². The monoisotopic (exact) mass is 380 g/mol. The third-order valence-electron chi connectivity index (χ3n) is 4.97. The van der Waals surface area contributed by atoms with E-state index in [0.717, 1.165) is 5.56 Å². The van der Waals surface area contributed by atoms with Gasteiger partial charge in [0.25, 0.3) is 0 Å². The Kier molecular flexibility index (Phi) is 5.05. The molecule has 27 heavy (non-hydrogen) atoms. The third kappa shape index (κ3) is 4.05. The fourth-order valence-corrected chi connectivity index (χ4v) is 3.92. The molecule has 0 radical (unpaired) electrons. The molecule has 0 aliphatic carbocycles. The molecule has 4 rings (SSSR count). The smallest absolute Gasteiger partial charge is 0.190 e. The summed E-state index contributed by atoms with van der Waals surface area (Å²) in [6.45, 7) is 7.89. The van der Waals surface area contributed by atoms with Crippen LogP contribution in [0.4, 0.5) is 0 Å². The number of hydrogen-bond donors (Lipinski definition) is 1. The lowest BCUT2D eigenvalue weighted by molar-refractivity contribution is -0.256. The first-order chi connectivity index (χ1) is 12.7. The molecule has 1 aromatic carbocycles. The lowest BCUT2D eigenvalue weighted by Crippen LogP contribution is -2.59. The summed E-state index contributed by atoms with van der Waals surface area (Å²) in [5.41, 5.74) is 1.04. The van der Waals surface area contributed by atoms with Gasteiger partial charge in [-0.3, -0.25) is 0 Å². The van der Waals surface area contributed by atoms with Gasteiger partial charge in [0.2, 0.25) is 0 Å².